The van der Waals surface area contributed by atoms with E-state index in [-0.39, 0.29) is 6.03 Å². The van der Waals surface area contributed by atoms with Gasteiger partial charge in [-0.3, -0.25) is 4.90 Å². The third kappa shape index (κ3) is 4.67. The summed E-state index contributed by atoms with van der Waals surface area (Å²) < 4.78 is 5.85. The Morgan fingerprint density at radius 1 is 0.865 bits per heavy atom. The molecule has 6 heteroatoms. The standard InChI is InChI=1S/C31H32N4O2/c1-6-22-9-13-24(14-10-22)28-27(30-33-29(34-37-30)25-15-11-23(7-2)12-16-25)21(5)35(31(36)32-28)26-17-8-19(3)20(4)18-26/h8-18,28H,6-7H2,1-5H3,(H,32,36). The first-order valence-corrected chi connectivity index (χ1v) is 12.8. The van der Waals surface area contributed by atoms with E-state index in [0.29, 0.717) is 11.7 Å². The zero-order chi connectivity index (χ0) is 26.1. The number of amides is 2. The molecule has 0 radical (unpaired) electrons. The third-order valence-corrected chi connectivity index (χ3v) is 7.23. The number of nitrogens with one attached hydrogen (secondary N) is 1. The van der Waals surface area contributed by atoms with E-state index in [4.69, 9.17) is 9.51 Å². The first kappa shape index (κ1) is 24.5. The van der Waals surface area contributed by atoms with E-state index in [9.17, 15) is 4.79 Å². The molecule has 5 rings (SSSR count). The Kier molecular flexibility index (Phi) is 6.66. The van der Waals surface area contributed by atoms with Crippen molar-refractivity contribution < 1.29 is 9.32 Å². The number of benzene rings is 3. The number of anilines is 1. The van der Waals surface area contributed by atoms with Gasteiger partial charge in [-0.2, -0.15) is 4.98 Å². The summed E-state index contributed by atoms with van der Waals surface area (Å²) in [5.74, 6) is 0.915. The van der Waals surface area contributed by atoms with Gasteiger partial charge in [0.1, 0.15) is 0 Å². The van der Waals surface area contributed by atoms with Gasteiger partial charge >= 0.3 is 6.03 Å². The number of carbonyl (C=O) groups excluding carboxylic acids is 1. The Morgan fingerprint density at radius 2 is 1.51 bits per heavy atom. The molecule has 0 aliphatic carbocycles. The molecule has 3 aromatic carbocycles. The van der Waals surface area contributed by atoms with E-state index >= 15 is 0 Å². The van der Waals surface area contributed by atoms with Crippen LogP contribution in [0, 0.1) is 13.8 Å². The lowest BCUT2D eigenvalue weighted by molar-refractivity contribution is 0.244. The van der Waals surface area contributed by atoms with Gasteiger partial charge in [0, 0.05) is 11.3 Å². The van der Waals surface area contributed by atoms with Crippen molar-refractivity contribution in [1.82, 2.24) is 15.5 Å². The molecule has 1 aliphatic rings. The molecule has 0 spiro atoms. The van der Waals surface area contributed by atoms with Crippen molar-refractivity contribution >= 4 is 17.3 Å². The first-order chi connectivity index (χ1) is 17.9. The second-order valence-electron chi connectivity index (χ2n) is 9.55. The number of carbonyl (C=O) groups is 1. The van der Waals surface area contributed by atoms with Crippen LogP contribution in [0.2, 0.25) is 0 Å². The lowest BCUT2D eigenvalue weighted by atomic mass is 9.93. The van der Waals surface area contributed by atoms with Gasteiger partial charge in [-0.25, -0.2) is 4.79 Å². The summed E-state index contributed by atoms with van der Waals surface area (Å²) in [5, 5.41) is 7.50. The highest BCUT2D eigenvalue weighted by Gasteiger charge is 2.36. The lowest BCUT2D eigenvalue weighted by Crippen LogP contribution is -2.46. The van der Waals surface area contributed by atoms with E-state index in [2.05, 4.69) is 67.6 Å². The normalized spacial score (nSPS) is 15.8. The van der Waals surface area contributed by atoms with E-state index < -0.39 is 6.04 Å². The van der Waals surface area contributed by atoms with Crippen molar-refractivity contribution in [3.63, 3.8) is 0 Å². The second kappa shape index (κ2) is 10.1. The quantitative estimate of drug-likeness (QED) is 0.309. The van der Waals surface area contributed by atoms with Crippen molar-refractivity contribution in [2.75, 3.05) is 4.90 Å². The number of hydrogen-bond acceptors (Lipinski definition) is 4. The third-order valence-electron chi connectivity index (χ3n) is 7.23. The highest BCUT2D eigenvalue weighted by atomic mass is 16.5. The smallest absolute Gasteiger partial charge is 0.326 e. The van der Waals surface area contributed by atoms with Crippen LogP contribution < -0.4 is 10.2 Å². The Balaban J connectivity index is 1.63. The minimum Gasteiger partial charge on any atom is -0.334 e. The maximum Gasteiger partial charge on any atom is 0.326 e. The molecular formula is C31H32N4O2. The van der Waals surface area contributed by atoms with Gasteiger partial charge in [-0.1, -0.05) is 73.6 Å². The van der Waals surface area contributed by atoms with Gasteiger partial charge in [-0.15, -0.1) is 0 Å². The SMILES string of the molecule is CCc1ccc(-c2noc(C3=C(C)N(c4ccc(C)c(C)c4)C(=O)NC3c3ccc(CC)cc3)n2)cc1. The van der Waals surface area contributed by atoms with Gasteiger partial charge in [0.15, 0.2) is 0 Å². The predicted octanol–water partition coefficient (Wildman–Crippen LogP) is 7.18. The number of allylic oxidation sites excluding steroid dienone is 1. The molecule has 1 N–H and O–H groups in total. The molecule has 0 saturated carbocycles. The molecule has 0 fully saturated rings. The fourth-order valence-corrected chi connectivity index (χ4v) is 4.73. The minimum atomic E-state index is -0.419. The number of urea groups is 1. The lowest BCUT2D eigenvalue weighted by Gasteiger charge is -2.35. The summed E-state index contributed by atoms with van der Waals surface area (Å²) in [4.78, 5) is 20.0. The summed E-state index contributed by atoms with van der Waals surface area (Å²) >= 11 is 0. The largest absolute Gasteiger partial charge is 0.334 e. The maximum atomic E-state index is 13.5. The molecular weight excluding hydrogens is 460 g/mol. The van der Waals surface area contributed by atoms with E-state index in [0.717, 1.165) is 46.5 Å². The number of aromatic nitrogens is 2. The van der Waals surface area contributed by atoms with Crippen molar-refractivity contribution in [3.05, 3.63) is 106 Å². The summed E-state index contributed by atoms with van der Waals surface area (Å²) in [6.07, 6.45) is 1.92. The first-order valence-electron chi connectivity index (χ1n) is 12.8. The molecule has 0 bridgehead atoms. The molecule has 6 nitrogen and oxygen atoms in total. The molecule has 1 unspecified atom stereocenters. The van der Waals surface area contributed by atoms with Crippen LogP contribution in [0.25, 0.3) is 17.0 Å². The van der Waals surface area contributed by atoms with Gasteiger partial charge in [-0.05, 0) is 73.6 Å². The Morgan fingerprint density at radius 3 is 2.14 bits per heavy atom. The minimum absolute atomic E-state index is 0.191. The Bertz CT molecular complexity index is 1470. The molecule has 2 heterocycles. The van der Waals surface area contributed by atoms with Gasteiger partial charge in [0.25, 0.3) is 5.89 Å². The van der Waals surface area contributed by atoms with Crippen molar-refractivity contribution in [1.29, 1.82) is 0 Å². The number of hydrogen-bond donors (Lipinski definition) is 1. The number of aryl methyl sites for hydroxylation is 4. The molecule has 2 amide bonds. The van der Waals surface area contributed by atoms with Gasteiger partial charge in [0.2, 0.25) is 5.82 Å². The van der Waals surface area contributed by atoms with Crippen LogP contribution in [0.3, 0.4) is 0 Å². The molecule has 4 aromatic rings. The summed E-state index contributed by atoms with van der Waals surface area (Å²) in [7, 11) is 0. The zero-order valence-corrected chi connectivity index (χ0v) is 22.0. The topological polar surface area (TPSA) is 71.3 Å². The number of nitrogens with zero attached hydrogens (tertiary/aromatic N) is 3. The van der Waals surface area contributed by atoms with Crippen LogP contribution in [-0.2, 0) is 12.8 Å². The van der Waals surface area contributed by atoms with Gasteiger partial charge < -0.3 is 9.84 Å². The van der Waals surface area contributed by atoms with Crippen LogP contribution in [0.15, 0.2) is 77.0 Å². The molecule has 1 atom stereocenters. The highest BCUT2D eigenvalue weighted by Crippen LogP contribution is 2.39. The highest BCUT2D eigenvalue weighted by molar-refractivity contribution is 6.01. The molecule has 1 aliphatic heterocycles. The Hall–Kier alpha value is -4.19. The van der Waals surface area contributed by atoms with Crippen molar-refractivity contribution in [3.8, 4) is 11.4 Å². The van der Waals surface area contributed by atoms with Crippen molar-refractivity contribution in [2.24, 2.45) is 0 Å². The molecule has 0 saturated heterocycles. The van der Waals surface area contributed by atoms with Crippen molar-refractivity contribution in [2.45, 2.75) is 53.5 Å². The van der Waals surface area contributed by atoms with Crippen LogP contribution in [-0.4, -0.2) is 16.2 Å². The average molecular weight is 493 g/mol. The van der Waals surface area contributed by atoms with Crippen LogP contribution in [0.1, 0.15) is 60.5 Å². The summed E-state index contributed by atoms with van der Waals surface area (Å²) in [6, 6.07) is 21.9. The summed E-state index contributed by atoms with van der Waals surface area (Å²) in [5.41, 5.74) is 8.97. The molecule has 37 heavy (non-hydrogen) atoms. The van der Waals surface area contributed by atoms with E-state index in [1.54, 1.807) is 4.90 Å². The second-order valence-corrected chi connectivity index (χ2v) is 9.55. The zero-order valence-electron chi connectivity index (χ0n) is 22.0. The van der Waals surface area contributed by atoms with Gasteiger partial charge in [0.05, 0.1) is 17.3 Å². The Labute approximate surface area is 218 Å². The van der Waals surface area contributed by atoms with Crippen LogP contribution in [0.5, 0.6) is 0 Å². The predicted molar refractivity (Wildman–Crippen MR) is 147 cm³/mol. The molecule has 1 aromatic heterocycles. The fraction of sp³-hybridized carbons (Fsp3) is 0.258. The summed E-state index contributed by atoms with van der Waals surface area (Å²) in [6.45, 7) is 10.3. The van der Waals surface area contributed by atoms with Crippen LogP contribution in [0.4, 0.5) is 10.5 Å². The average Bonchev–Trinajstić information content (AvgIpc) is 3.40. The number of rotatable bonds is 6. The van der Waals surface area contributed by atoms with E-state index in [1.165, 1.54) is 16.7 Å². The maximum absolute atomic E-state index is 13.5. The van der Waals surface area contributed by atoms with E-state index in [1.807, 2.05) is 44.2 Å². The fourth-order valence-electron chi connectivity index (χ4n) is 4.73. The molecule has 188 valence electrons. The van der Waals surface area contributed by atoms with Crippen LogP contribution >= 0.6 is 0 Å². The monoisotopic (exact) mass is 492 g/mol.